The van der Waals surface area contributed by atoms with Crippen molar-refractivity contribution in [2.75, 3.05) is 13.1 Å². The van der Waals surface area contributed by atoms with E-state index >= 15 is 0 Å². The molecule has 17 heavy (non-hydrogen) atoms. The normalized spacial score (nSPS) is 25.7. The predicted octanol–water partition coefficient (Wildman–Crippen LogP) is 1.29. The summed E-state index contributed by atoms with van der Waals surface area (Å²) in [6.45, 7) is 3.35. The monoisotopic (exact) mass is 240 g/mol. The van der Waals surface area contributed by atoms with Gasteiger partial charge < -0.3 is 15.3 Å². The van der Waals surface area contributed by atoms with Crippen molar-refractivity contribution in [3.8, 4) is 0 Å². The Labute approximate surface area is 101 Å². The van der Waals surface area contributed by atoms with Crippen LogP contribution in [-0.2, 0) is 4.79 Å². The van der Waals surface area contributed by atoms with E-state index in [-0.39, 0.29) is 6.03 Å². The maximum Gasteiger partial charge on any atom is 0.326 e. The van der Waals surface area contributed by atoms with Gasteiger partial charge in [0.2, 0.25) is 0 Å². The smallest absolute Gasteiger partial charge is 0.326 e. The van der Waals surface area contributed by atoms with Crippen LogP contribution in [0.25, 0.3) is 0 Å². The Hall–Kier alpha value is -1.26. The van der Waals surface area contributed by atoms with Crippen LogP contribution in [0.15, 0.2) is 0 Å². The van der Waals surface area contributed by atoms with Gasteiger partial charge in [-0.05, 0) is 37.5 Å². The minimum Gasteiger partial charge on any atom is -0.480 e. The molecule has 2 aliphatic rings. The van der Waals surface area contributed by atoms with E-state index in [4.69, 9.17) is 5.11 Å². The average Bonchev–Trinajstić information content (AvgIpc) is 3.02. The van der Waals surface area contributed by atoms with Crippen molar-refractivity contribution in [1.29, 1.82) is 0 Å². The zero-order chi connectivity index (χ0) is 12.4. The highest BCUT2D eigenvalue weighted by molar-refractivity contribution is 5.83. The van der Waals surface area contributed by atoms with Crippen LogP contribution in [0.2, 0.25) is 0 Å². The topological polar surface area (TPSA) is 69.6 Å². The van der Waals surface area contributed by atoms with E-state index < -0.39 is 12.0 Å². The number of hydrogen-bond acceptors (Lipinski definition) is 2. The summed E-state index contributed by atoms with van der Waals surface area (Å²) in [5.74, 6) is 0.363. The van der Waals surface area contributed by atoms with Crippen molar-refractivity contribution in [3.05, 3.63) is 0 Å². The van der Waals surface area contributed by atoms with Crippen LogP contribution in [0.4, 0.5) is 4.79 Å². The van der Waals surface area contributed by atoms with Crippen LogP contribution in [0, 0.1) is 11.8 Å². The van der Waals surface area contributed by atoms with Crippen LogP contribution >= 0.6 is 0 Å². The van der Waals surface area contributed by atoms with Gasteiger partial charge in [0.15, 0.2) is 0 Å². The predicted molar refractivity (Wildman–Crippen MR) is 62.7 cm³/mol. The molecule has 5 nitrogen and oxygen atoms in total. The quantitative estimate of drug-likeness (QED) is 0.778. The number of carbonyl (C=O) groups excluding carboxylic acids is 1. The molecule has 0 spiro atoms. The molecule has 0 bridgehead atoms. The van der Waals surface area contributed by atoms with Gasteiger partial charge in [-0.1, -0.05) is 6.92 Å². The number of carboxylic acids is 1. The fourth-order valence-corrected chi connectivity index (χ4v) is 2.45. The summed E-state index contributed by atoms with van der Waals surface area (Å²) in [5, 5.41) is 11.8. The molecule has 2 atom stereocenters. The number of rotatable bonds is 4. The molecule has 1 aliphatic carbocycles. The fourth-order valence-electron chi connectivity index (χ4n) is 2.45. The summed E-state index contributed by atoms with van der Waals surface area (Å²) >= 11 is 0. The summed E-state index contributed by atoms with van der Waals surface area (Å²) in [5.41, 5.74) is 0. The lowest BCUT2D eigenvalue weighted by Gasteiger charge is -2.23. The van der Waals surface area contributed by atoms with Crippen LogP contribution in [0.5, 0.6) is 0 Å². The van der Waals surface area contributed by atoms with Crippen molar-refractivity contribution in [1.82, 2.24) is 10.2 Å². The SMILES string of the molecule is CC(CNC(=O)N1CCC[C@H]1C(=O)O)C1CC1. The second kappa shape index (κ2) is 4.94. The Bertz CT molecular complexity index is 315. The molecular formula is C12H20N2O3. The third kappa shape index (κ3) is 2.90. The Morgan fingerprint density at radius 1 is 1.41 bits per heavy atom. The van der Waals surface area contributed by atoms with Gasteiger partial charge in [0.05, 0.1) is 0 Å². The van der Waals surface area contributed by atoms with E-state index in [9.17, 15) is 9.59 Å². The summed E-state index contributed by atoms with van der Waals surface area (Å²) in [6, 6.07) is -0.853. The second-order valence-corrected chi connectivity index (χ2v) is 5.19. The molecule has 0 radical (unpaired) electrons. The highest BCUT2D eigenvalue weighted by Crippen LogP contribution is 2.36. The molecule has 0 aromatic carbocycles. The molecular weight excluding hydrogens is 220 g/mol. The molecule has 1 unspecified atom stereocenters. The van der Waals surface area contributed by atoms with Crippen LogP contribution in [0.3, 0.4) is 0 Å². The van der Waals surface area contributed by atoms with Crippen LogP contribution in [-0.4, -0.2) is 41.1 Å². The second-order valence-electron chi connectivity index (χ2n) is 5.19. The Kier molecular flexibility index (Phi) is 3.54. The highest BCUT2D eigenvalue weighted by Gasteiger charge is 2.34. The summed E-state index contributed by atoms with van der Waals surface area (Å²) in [6.07, 6.45) is 3.88. The molecule has 0 aromatic heterocycles. The van der Waals surface area contributed by atoms with Crippen molar-refractivity contribution < 1.29 is 14.7 Å². The van der Waals surface area contributed by atoms with Gasteiger partial charge in [0.25, 0.3) is 0 Å². The molecule has 1 heterocycles. The van der Waals surface area contributed by atoms with Crippen molar-refractivity contribution in [2.24, 2.45) is 11.8 Å². The van der Waals surface area contributed by atoms with Gasteiger partial charge in [-0.2, -0.15) is 0 Å². The maximum atomic E-state index is 11.9. The number of urea groups is 1. The molecule has 2 rings (SSSR count). The first-order valence-electron chi connectivity index (χ1n) is 6.37. The molecule has 5 heteroatoms. The Morgan fingerprint density at radius 3 is 2.71 bits per heavy atom. The van der Waals surface area contributed by atoms with E-state index in [0.29, 0.717) is 25.4 Å². The Morgan fingerprint density at radius 2 is 2.12 bits per heavy atom. The van der Waals surface area contributed by atoms with E-state index in [1.54, 1.807) is 0 Å². The molecule has 2 amide bonds. The zero-order valence-corrected chi connectivity index (χ0v) is 10.2. The van der Waals surface area contributed by atoms with Crippen LogP contribution in [0.1, 0.15) is 32.6 Å². The van der Waals surface area contributed by atoms with E-state index in [1.165, 1.54) is 17.7 Å². The molecule has 1 saturated carbocycles. The van der Waals surface area contributed by atoms with Crippen LogP contribution < -0.4 is 5.32 Å². The Balaban J connectivity index is 1.80. The van der Waals surface area contributed by atoms with E-state index in [2.05, 4.69) is 12.2 Å². The van der Waals surface area contributed by atoms with Gasteiger partial charge in [-0.3, -0.25) is 0 Å². The highest BCUT2D eigenvalue weighted by atomic mass is 16.4. The first-order valence-corrected chi connectivity index (χ1v) is 6.37. The van der Waals surface area contributed by atoms with Crippen molar-refractivity contribution in [2.45, 2.75) is 38.6 Å². The molecule has 96 valence electrons. The number of nitrogens with zero attached hydrogens (tertiary/aromatic N) is 1. The van der Waals surface area contributed by atoms with Gasteiger partial charge in [0, 0.05) is 13.1 Å². The number of nitrogens with one attached hydrogen (secondary N) is 1. The zero-order valence-electron chi connectivity index (χ0n) is 10.2. The number of aliphatic carboxylic acids is 1. The number of hydrogen-bond donors (Lipinski definition) is 2. The van der Waals surface area contributed by atoms with Gasteiger partial charge in [0.1, 0.15) is 6.04 Å². The summed E-state index contributed by atoms with van der Waals surface area (Å²) < 4.78 is 0. The lowest BCUT2D eigenvalue weighted by Crippen LogP contribution is -2.47. The minimum atomic E-state index is -0.895. The summed E-state index contributed by atoms with van der Waals surface area (Å²) in [4.78, 5) is 24.3. The van der Waals surface area contributed by atoms with Crippen molar-refractivity contribution in [3.63, 3.8) is 0 Å². The molecule has 0 aromatic rings. The first kappa shape index (κ1) is 12.2. The van der Waals surface area contributed by atoms with E-state index in [0.717, 1.165) is 12.3 Å². The van der Waals surface area contributed by atoms with Gasteiger partial charge >= 0.3 is 12.0 Å². The molecule has 1 aliphatic heterocycles. The third-order valence-electron chi connectivity index (χ3n) is 3.80. The number of amides is 2. The largest absolute Gasteiger partial charge is 0.480 e. The summed E-state index contributed by atoms with van der Waals surface area (Å²) in [7, 11) is 0. The van der Waals surface area contributed by atoms with Gasteiger partial charge in [-0.25, -0.2) is 9.59 Å². The standard InChI is InChI=1S/C12H20N2O3/c1-8(9-4-5-9)7-13-12(17)14-6-2-3-10(14)11(15)16/h8-10H,2-7H2,1H3,(H,13,17)(H,15,16)/t8?,10-/m0/s1. The number of carbonyl (C=O) groups is 2. The minimum absolute atomic E-state index is 0.220. The fraction of sp³-hybridized carbons (Fsp3) is 0.833. The lowest BCUT2D eigenvalue weighted by molar-refractivity contribution is -0.141. The molecule has 2 N–H and O–H groups in total. The maximum absolute atomic E-state index is 11.9. The molecule has 2 fully saturated rings. The van der Waals surface area contributed by atoms with Gasteiger partial charge in [-0.15, -0.1) is 0 Å². The number of likely N-dealkylation sites (tertiary alicyclic amines) is 1. The third-order valence-corrected chi connectivity index (χ3v) is 3.80. The first-order chi connectivity index (χ1) is 8.09. The van der Waals surface area contributed by atoms with Crippen molar-refractivity contribution >= 4 is 12.0 Å². The average molecular weight is 240 g/mol. The number of carboxylic acid groups (broad SMARTS) is 1. The lowest BCUT2D eigenvalue weighted by atomic mass is 10.1. The molecule has 1 saturated heterocycles. The van der Waals surface area contributed by atoms with E-state index in [1.807, 2.05) is 0 Å².